The van der Waals surface area contributed by atoms with Gasteiger partial charge in [0.25, 0.3) is 5.91 Å². The average molecular weight is 505 g/mol. The molecular weight excluding hydrogens is 483 g/mol. The van der Waals surface area contributed by atoms with Crippen molar-refractivity contribution in [3.05, 3.63) is 150 Å². The van der Waals surface area contributed by atoms with Gasteiger partial charge in [0.2, 0.25) is 0 Å². The van der Waals surface area contributed by atoms with E-state index >= 15 is 0 Å². The average Bonchev–Trinajstić information content (AvgIpc) is 3.58. The van der Waals surface area contributed by atoms with Gasteiger partial charge in [0.15, 0.2) is 5.13 Å². The van der Waals surface area contributed by atoms with E-state index in [4.69, 9.17) is 0 Å². The number of fused-ring (bicyclic) bond motifs is 1. The van der Waals surface area contributed by atoms with Crippen molar-refractivity contribution in [2.75, 3.05) is 5.32 Å². The molecule has 0 saturated carbocycles. The molecular formula is C30H21FN4OS. The van der Waals surface area contributed by atoms with Crippen molar-refractivity contribution in [2.24, 2.45) is 0 Å². The van der Waals surface area contributed by atoms with E-state index in [0.29, 0.717) is 15.3 Å². The number of nitrogens with one attached hydrogen (secondary N) is 1. The zero-order valence-corrected chi connectivity index (χ0v) is 20.4. The van der Waals surface area contributed by atoms with E-state index in [9.17, 15) is 9.18 Å². The molecule has 0 unspecified atom stereocenters. The molecule has 2 heterocycles. The van der Waals surface area contributed by atoms with Crippen molar-refractivity contribution in [2.45, 2.75) is 5.54 Å². The summed E-state index contributed by atoms with van der Waals surface area (Å²) in [5.41, 5.74) is 3.21. The van der Waals surface area contributed by atoms with Crippen LogP contribution in [0.2, 0.25) is 0 Å². The SMILES string of the molecule is O=C(Nc1nc2ccc(F)cc2s1)c1cn(C(c2ccccc2)(c2ccccc2)c2ccccc2)cn1. The van der Waals surface area contributed by atoms with Gasteiger partial charge in [-0.3, -0.25) is 10.1 Å². The molecule has 4 aromatic carbocycles. The van der Waals surface area contributed by atoms with Crippen LogP contribution in [0.3, 0.4) is 0 Å². The van der Waals surface area contributed by atoms with Crippen LogP contribution < -0.4 is 5.32 Å². The largest absolute Gasteiger partial charge is 0.318 e. The third-order valence-corrected chi connectivity index (χ3v) is 7.28. The Morgan fingerprint density at radius 2 is 1.38 bits per heavy atom. The predicted molar refractivity (Wildman–Crippen MR) is 144 cm³/mol. The molecule has 0 saturated heterocycles. The van der Waals surface area contributed by atoms with Gasteiger partial charge in [-0.1, -0.05) is 102 Å². The third kappa shape index (κ3) is 4.09. The fourth-order valence-corrected chi connectivity index (χ4v) is 5.61. The van der Waals surface area contributed by atoms with Crippen molar-refractivity contribution in [3.63, 3.8) is 0 Å². The van der Waals surface area contributed by atoms with E-state index in [0.717, 1.165) is 16.7 Å². The molecule has 6 aromatic rings. The van der Waals surface area contributed by atoms with Crippen LogP contribution in [0.1, 0.15) is 27.2 Å². The number of rotatable bonds is 6. The molecule has 1 amide bonds. The molecule has 5 nitrogen and oxygen atoms in total. The third-order valence-electron chi connectivity index (χ3n) is 6.35. The van der Waals surface area contributed by atoms with Crippen LogP contribution in [0.25, 0.3) is 10.2 Å². The maximum atomic E-state index is 13.6. The standard InChI is InChI=1S/C30H21FN4OS/c31-24-16-17-25-27(18-24)37-29(33-25)34-28(36)26-19-35(20-32-26)30(21-10-4-1-5-11-21,22-12-6-2-7-13-22)23-14-8-3-9-15-23/h1-20H,(H,33,34,36). The maximum Gasteiger partial charge on any atom is 0.277 e. The highest BCUT2D eigenvalue weighted by Crippen LogP contribution is 2.40. The van der Waals surface area contributed by atoms with Crippen molar-refractivity contribution in [3.8, 4) is 0 Å². The summed E-state index contributed by atoms with van der Waals surface area (Å²) in [6.07, 6.45) is 3.45. The van der Waals surface area contributed by atoms with Crippen LogP contribution in [0.15, 0.2) is 122 Å². The molecule has 0 aliphatic heterocycles. The summed E-state index contributed by atoms with van der Waals surface area (Å²) in [6, 6.07) is 34.9. The zero-order chi connectivity index (χ0) is 25.2. The number of anilines is 1. The van der Waals surface area contributed by atoms with Crippen LogP contribution in [-0.2, 0) is 5.54 Å². The molecule has 7 heteroatoms. The highest BCUT2D eigenvalue weighted by Gasteiger charge is 2.38. The summed E-state index contributed by atoms with van der Waals surface area (Å²) < 4.78 is 16.2. The lowest BCUT2D eigenvalue weighted by atomic mass is 9.77. The fraction of sp³-hybridized carbons (Fsp3) is 0.0333. The van der Waals surface area contributed by atoms with Crippen LogP contribution >= 0.6 is 11.3 Å². The van der Waals surface area contributed by atoms with Crippen LogP contribution in [0, 0.1) is 5.82 Å². The molecule has 180 valence electrons. The summed E-state index contributed by atoms with van der Waals surface area (Å²) >= 11 is 1.22. The molecule has 0 fully saturated rings. The number of benzene rings is 4. The van der Waals surface area contributed by atoms with E-state index < -0.39 is 5.54 Å². The molecule has 0 spiro atoms. The summed E-state index contributed by atoms with van der Waals surface area (Å²) in [6.45, 7) is 0. The Morgan fingerprint density at radius 3 is 1.95 bits per heavy atom. The summed E-state index contributed by atoms with van der Waals surface area (Å²) in [5, 5.41) is 3.21. The number of amides is 1. The highest BCUT2D eigenvalue weighted by atomic mass is 32.1. The molecule has 37 heavy (non-hydrogen) atoms. The molecule has 1 N–H and O–H groups in total. The Kier molecular flexibility index (Phi) is 5.82. The number of halogens is 1. The van der Waals surface area contributed by atoms with Gasteiger partial charge in [-0.15, -0.1) is 0 Å². The molecule has 0 aliphatic rings. The minimum atomic E-state index is -0.761. The van der Waals surface area contributed by atoms with Crippen LogP contribution in [0.4, 0.5) is 9.52 Å². The normalized spacial score (nSPS) is 11.5. The first-order valence-electron chi connectivity index (χ1n) is 11.7. The van der Waals surface area contributed by atoms with Gasteiger partial charge in [-0.2, -0.15) is 0 Å². The predicted octanol–water partition coefficient (Wildman–Crippen LogP) is 6.72. The Hall–Kier alpha value is -4.62. The lowest BCUT2D eigenvalue weighted by Gasteiger charge is -2.37. The number of aromatic nitrogens is 3. The fourth-order valence-electron chi connectivity index (χ4n) is 4.72. The Balaban J connectivity index is 1.45. The van der Waals surface area contributed by atoms with E-state index in [1.807, 2.05) is 59.2 Å². The van der Waals surface area contributed by atoms with Gasteiger partial charge >= 0.3 is 0 Å². The molecule has 6 rings (SSSR count). The van der Waals surface area contributed by atoms with E-state index in [1.165, 1.54) is 23.5 Å². The summed E-state index contributed by atoms with van der Waals surface area (Å²) in [7, 11) is 0. The molecule has 0 aliphatic carbocycles. The number of hydrogen-bond donors (Lipinski definition) is 1. The second kappa shape index (κ2) is 9.44. The second-order valence-corrected chi connectivity index (χ2v) is 9.59. The van der Waals surface area contributed by atoms with Gasteiger partial charge in [0.1, 0.15) is 17.1 Å². The first kappa shape index (κ1) is 22.8. The number of carbonyl (C=O) groups is 1. The van der Waals surface area contributed by atoms with Gasteiger partial charge in [0, 0.05) is 6.20 Å². The zero-order valence-electron chi connectivity index (χ0n) is 19.6. The molecule has 0 bridgehead atoms. The van der Waals surface area contributed by atoms with E-state index in [2.05, 4.69) is 51.7 Å². The molecule has 0 radical (unpaired) electrons. The summed E-state index contributed by atoms with van der Waals surface area (Å²) in [4.78, 5) is 22.1. The maximum absolute atomic E-state index is 13.6. The second-order valence-electron chi connectivity index (χ2n) is 8.56. The van der Waals surface area contributed by atoms with Gasteiger partial charge in [-0.05, 0) is 34.9 Å². The number of carbonyl (C=O) groups excluding carboxylic acids is 1. The van der Waals surface area contributed by atoms with Crippen molar-refractivity contribution in [1.29, 1.82) is 0 Å². The van der Waals surface area contributed by atoms with Crippen molar-refractivity contribution in [1.82, 2.24) is 14.5 Å². The topological polar surface area (TPSA) is 59.8 Å². The Morgan fingerprint density at radius 1 is 0.811 bits per heavy atom. The Labute approximate surface area is 216 Å². The summed E-state index contributed by atoms with van der Waals surface area (Å²) in [5.74, 6) is -0.729. The number of nitrogens with zero attached hydrogens (tertiary/aromatic N) is 3. The first-order chi connectivity index (χ1) is 18.1. The highest BCUT2D eigenvalue weighted by molar-refractivity contribution is 7.22. The number of imidazole rings is 1. The monoisotopic (exact) mass is 504 g/mol. The van der Waals surface area contributed by atoms with Crippen LogP contribution in [0.5, 0.6) is 0 Å². The van der Waals surface area contributed by atoms with Crippen LogP contribution in [-0.4, -0.2) is 20.4 Å². The van der Waals surface area contributed by atoms with Gasteiger partial charge < -0.3 is 4.57 Å². The van der Waals surface area contributed by atoms with Crippen molar-refractivity contribution < 1.29 is 9.18 Å². The van der Waals surface area contributed by atoms with Gasteiger partial charge in [0.05, 0.1) is 16.5 Å². The van der Waals surface area contributed by atoms with Crippen molar-refractivity contribution >= 4 is 32.6 Å². The number of hydrogen-bond acceptors (Lipinski definition) is 4. The quantitative estimate of drug-likeness (QED) is 0.256. The number of thiazole rings is 1. The lowest BCUT2D eigenvalue weighted by molar-refractivity contribution is 0.102. The molecule has 2 aromatic heterocycles. The Bertz CT molecular complexity index is 1580. The minimum absolute atomic E-state index is 0.248. The lowest BCUT2D eigenvalue weighted by Crippen LogP contribution is -2.37. The van der Waals surface area contributed by atoms with Gasteiger partial charge in [-0.25, -0.2) is 14.4 Å². The van der Waals surface area contributed by atoms with E-state index in [1.54, 1.807) is 18.6 Å². The smallest absolute Gasteiger partial charge is 0.277 e. The molecule has 0 atom stereocenters. The first-order valence-corrected chi connectivity index (χ1v) is 12.5. The minimum Gasteiger partial charge on any atom is -0.318 e. The van der Waals surface area contributed by atoms with E-state index in [-0.39, 0.29) is 17.4 Å².